The van der Waals surface area contributed by atoms with Crippen molar-refractivity contribution in [3.63, 3.8) is 0 Å². The molecule has 48 heavy (non-hydrogen) atoms. The number of piperazine rings is 1. The molecule has 2 fully saturated rings. The minimum atomic E-state index is -1.47. The minimum Gasteiger partial charge on any atom is -0.369 e. The number of nitrogens with one attached hydrogen (secondary N) is 1. The van der Waals surface area contributed by atoms with E-state index in [1.807, 2.05) is 35.7 Å². The van der Waals surface area contributed by atoms with E-state index in [1.165, 1.54) is 42.6 Å². The lowest BCUT2D eigenvalue weighted by Crippen LogP contribution is -2.50. The van der Waals surface area contributed by atoms with Crippen LogP contribution in [0.25, 0.3) is 22.3 Å². The van der Waals surface area contributed by atoms with Crippen molar-refractivity contribution in [2.24, 2.45) is 0 Å². The second-order valence-electron chi connectivity index (χ2n) is 11.9. The Hall–Kier alpha value is -4.49. The Kier molecular flexibility index (Phi) is 8.47. The quantitative estimate of drug-likeness (QED) is 0.199. The summed E-state index contributed by atoms with van der Waals surface area (Å²) in [6, 6.07) is 21.4. The molecular weight excluding hydrogens is 664 g/mol. The third-order valence-corrected chi connectivity index (χ3v) is 11.3. The van der Waals surface area contributed by atoms with E-state index < -0.39 is 10.8 Å². The molecule has 1 N–H and O–H groups in total. The molecule has 4 aromatic heterocycles. The normalized spacial score (nSPS) is 17.0. The van der Waals surface area contributed by atoms with Crippen LogP contribution < -0.4 is 15.8 Å². The van der Waals surface area contributed by atoms with E-state index in [0.29, 0.717) is 44.1 Å². The largest absolute Gasteiger partial charge is 0.369 e. The van der Waals surface area contributed by atoms with Crippen molar-refractivity contribution in [3.8, 4) is 11.3 Å². The summed E-state index contributed by atoms with van der Waals surface area (Å²) in [5.74, 6) is 0.374. The lowest BCUT2D eigenvalue weighted by molar-refractivity contribution is 0.231. The third-order valence-electron chi connectivity index (χ3n) is 8.92. The van der Waals surface area contributed by atoms with Crippen molar-refractivity contribution in [2.45, 2.75) is 35.2 Å². The number of pyridine rings is 2. The predicted molar refractivity (Wildman–Crippen MR) is 191 cm³/mol. The average molecular weight is 695 g/mol. The average Bonchev–Trinajstić information content (AvgIpc) is 3.82. The van der Waals surface area contributed by atoms with Gasteiger partial charge < -0.3 is 10.2 Å². The van der Waals surface area contributed by atoms with Crippen LogP contribution in [-0.4, -0.2) is 65.8 Å². The zero-order valence-corrected chi connectivity index (χ0v) is 28.2. The molecule has 10 nitrogen and oxygen atoms in total. The van der Waals surface area contributed by atoms with Gasteiger partial charge in [-0.05, 0) is 67.9 Å². The Morgan fingerprint density at radius 1 is 0.958 bits per heavy atom. The van der Waals surface area contributed by atoms with E-state index >= 15 is 0 Å². The summed E-state index contributed by atoms with van der Waals surface area (Å²) < 4.78 is 14.7. The number of hydrogen-bond donors (Lipinski definition) is 1. The summed E-state index contributed by atoms with van der Waals surface area (Å²) in [5.41, 5.74) is 2.79. The molecule has 2 aliphatic heterocycles. The van der Waals surface area contributed by atoms with Crippen molar-refractivity contribution in [1.29, 1.82) is 0 Å². The highest BCUT2D eigenvalue weighted by Crippen LogP contribution is 2.30. The summed E-state index contributed by atoms with van der Waals surface area (Å²) in [7, 11) is -1.47. The van der Waals surface area contributed by atoms with Gasteiger partial charge in [-0.25, -0.2) is 14.2 Å². The van der Waals surface area contributed by atoms with Gasteiger partial charge in [-0.1, -0.05) is 29.8 Å². The van der Waals surface area contributed by atoms with Crippen LogP contribution in [0.2, 0.25) is 5.02 Å². The molecule has 6 heterocycles. The summed E-state index contributed by atoms with van der Waals surface area (Å²) in [5, 5.41) is 6.81. The molecule has 2 unspecified atom stereocenters. The number of rotatable bonds is 8. The molecule has 0 amide bonds. The van der Waals surface area contributed by atoms with Gasteiger partial charge in [0, 0.05) is 71.3 Å². The highest BCUT2D eigenvalue weighted by atomic mass is 35.5. The van der Waals surface area contributed by atoms with E-state index in [-0.39, 0.29) is 17.1 Å². The number of aromatic nitrogens is 5. The topological polar surface area (TPSA) is 109 Å². The summed E-state index contributed by atoms with van der Waals surface area (Å²) in [6.07, 6.45) is 7.47. The monoisotopic (exact) mass is 694 g/mol. The molecule has 8 rings (SSSR count). The number of hydrogen-bond acceptors (Lipinski definition) is 10. The molecule has 0 saturated carbocycles. The van der Waals surface area contributed by atoms with Crippen molar-refractivity contribution in [2.75, 3.05) is 36.4 Å². The van der Waals surface area contributed by atoms with Crippen LogP contribution in [0.5, 0.6) is 0 Å². The van der Waals surface area contributed by atoms with Gasteiger partial charge in [0.1, 0.15) is 10.7 Å². The molecular formula is C35H31ClN8O2S2. The molecule has 242 valence electrons. The number of halogens is 1. The fourth-order valence-electron chi connectivity index (χ4n) is 6.51. The Bertz CT molecular complexity index is 2180. The van der Waals surface area contributed by atoms with Crippen LogP contribution in [-0.2, 0) is 17.3 Å². The zero-order valence-electron chi connectivity index (χ0n) is 25.8. The Balaban J connectivity index is 1.10. The van der Waals surface area contributed by atoms with Crippen LogP contribution in [0.1, 0.15) is 17.8 Å². The van der Waals surface area contributed by atoms with Gasteiger partial charge in [0.2, 0.25) is 5.95 Å². The van der Waals surface area contributed by atoms with E-state index in [1.54, 1.807) is 41.2 Å². The van der Waals surface area contributed by atoms with Crippen LogP contribution >= 0.6 is 22.9 Å². The maximum Gasteiger partial charge on any atom is 0.262 e. The predicted octanol–water partition coefficient (Wildman–Crippen LogP) is 6.21. The molecule has 13 heteroatoms. The van der Waals surface area contributed by atoms with E-state index in [4.69, 9.17) is 16.6 Å². The molecule has 0 radical (unpaired) electrons. The second kappa shape index (κ2) is 13.2. The van der Waals surface area contributed by atoms with E-state index in [0.717, 1.165) is 30.3 Å². The molecule has 2 saturated heterocycles. The van der Waals surface area contributed by atoms with Gasteiger partial charge in [0.05, 0.1) is 38.5 Å². The van der Waals surface area contributed by atoms with Crippen molar-refractivity contribution in [1.82, 2.24) is 29.4 Å². The lowest BCUT2D eigenvalue weighted by atomic mass is 10.1. The minimum absolute atomic E-state index is 0.216. The van der Waals surface area contributed by atoms with Gasteiger partial charge in [0.25, 0.3) is 5.56 Å². The Morgan fingerprint density at radius 3 is 2.60 bits per heavy atom. The molecule has 2 aliphatic rings. The molecule has 2 atom stereocenters. The summed E-state index contributed by atoms with van der Waals surface area (Å²) in [4.78, 5) is 38.6. The first kappa shape index (κ1) is 30.8. The van der Waals surface area contributed by atoms with Crippen LogP contribution in [0.3, 0.4) is 0 Å². The van der Waals surface area contributed by atoms with Gasteiger partial charge in [-0.3, -0.25) is 19.2 Å². The van der Waals surface area contributed by atoms with Gasteiger partial charge in [0.15, 0.2) is 0 Å². The Labute approximate surface area is 288 Å². The molecule has 6 aromatic rings. The second-order valence-corrected chi connectivity index (χ2v) is 14.7. The number of nitrogens with zero attached hydrogens (tertiary/aromatic N) is 7. The number of fused-ring (bicyclic) bond motifs is 2. The maximum absolute atomic E-state index is 14.1. The summed E-state index contributed by atoms with van der Waals surface area (Å²) >= 11 is 8.17. The highest BCUT2D eigenvalue weighted by molar-refractivity contribution is 7.85. The summed E-state index contributed by atoms with van der Waals surface area (Å²) in [6.45, 7) is 4.66. The smallest absolute Gasteiger partial charge is 0.262 e. The maximum atomic E-state index is 14.1. The van der Waals surface area contributed by atoms with E-state index in [9.17, 15) is 9.00 Å². The SMILES string of the molecule is O=c1c(-c2ncc(S(=O)c3ccccc3)cc2Cl)cc2cnc(Nc3ccc(N4CCN5CCCC5C4)cc3)nc2n1Cc1nccs1. The van der Waals surface area contributed by atoms with Crippen LogP contribution in [0.4, 0.5) is 17.3 Å². The lowest BCUT2D eigenvalue weighted by Gasteiger charge is -2.38. The zero-order chi connectivity index (χ0) is 32.6. The number of benzene rings is 2. The van der Waals surface area contributed by atoms with Crippen molar-refractivity contribution in [3.05, 3.63) is 111 Å². The number of thiazole rings is 1. The fraction of sp³-hybridized carbons (Fsp3) is 0.229. The van der Waals surface area contributed by atoms with Crippen molar-refractivity contribution < 1.29 is 4.21 Å². The molecule has 2 aromatic carbocycles. The van der Waals surface area contributed by atoms with Crippen LogP contribution in [0, 0.1) is 0 Å². The molecule has 0 spiro atoms. The standard InChI is InChI=1S/C35H31ClN8O2S2/c36-30-18-28(48(46)27-6-2-1-3-7-27)20-38-32(30)29-17-23-19-39-35(41-33(23)44(34(29)45)22-31-37-12-16-47-31)40-24-8-10-25(11-9-24)43-15-14-42-13-4-5-26(42)21-43/h1-3,6-12,16-20,26H,4-5,13-15,21-22H2,(H,39,40,41). The molecule has 0 aliphatic carbocycles. The van der Waals surface area contributed by atoms with Crippen LogP contribution in [0.15, 0.2) is 105 Å². The first-order valence-electron chi connectivity index (χ1n) is 15.8. The third kappa shape index (κ3) is 6.12. The van der Waals surface area contributed by atoms with E-state index in [2.05, 4.69) is 42.2 Å². The number of anilines is 3. The van der Waals surface area contributed by atoms with Crippen molar-refractivity contribution >= 4 is 62.1 Å². The fourth-order valence-corrected chi connectivity index (χ4v) is 8.50. The Morgan fingerprint density at radius 2 is 1.81 bits per heavy atom. The molecule has 0 bridgehead atoms. The van der Waals surface area contributed by atoms with Gasteiger partial charge in [-0.15, -0.1) is 11.3 Å². The first-order chi connectivity index (χ1) is 23.5. The van der Waals surface area contributed by atoms with Gasteiger partial charge >= 0.3 is 0 Å². The van der Waals surface area contributed by atoms with Gasteiger partial charge in [-0.2, -0.15) is 4.98 Å². The highest BCUT2D eigenvalue weighted by Gasteiger charge is 2.30. The first-order valence-corrected chi connectivity index (χ1v) is 18.2.